The highest BCUT2D eigenvalue weighted by Crippen LogP contribution is 2.31. The number of hydrogen-bond acceptors (Lipinski definition) is 3. The second-order valence-corrected chi connectivity index (χ2v) is 6.14. The molecule has 0 aliphatic heterocycles. The van der Waals surface area contributed by atoms with Gasteiger partial charge in [0.2, 0.25) is 0 Å². The average Bonchev–Trinajstić information content (AvgIpc) is 2.56. The molecule has 24 heavy (non-hydrogen) atoms. The van der Waals surface area contributed by atoms with Gasteiger partial charge >= 0.3 is 5.97 Å². The van der Waals surface area contributed by atoms with Crippen molar-refractivity contribution in [3.05, 3.63) is 69.7 Å². The third-order valence-corrected chi connectivity index (χ3v) is 4.21. The Kier molecular flexibility index (Phi) is 6.83. The Morgan fingerprint density at radius 2 is 1.62 bits per heavy atom. The fourth-order valence-corrected chi connectivity index (χ4v) is 2.90. The number of ketones is 1. The summed E-state index contributed by atoms with van der Waals surface area (Å²) in [5.41, 5.74) is 0.696. The lowest BCUT2D eigenvalue weighted by atomic mass is 9.90. The van der Waals surface area contributed by atoms with Gasteiger partial charge in [-0.25, -0.2) is 0 Å². The van der Waals surface area contributed by atoms with E-state index < -0.39 is 17.7 Å². The molecule has 0 spiro atoms. The molecule has 2 rings (SSSR count). The van der Waals surface area contributed by atoms with Gasteiger partial charge in [-0.15, -0.1) is 0 Å². The summed E-state index contributed by atoms with van der Waals surface area (Å²) in [6.07, 6.45) is 1.64. The van der Waals surface area contributed by atoms with E-state index in [1.165, 1.54) is 0 Å². The number of benzene rings is 2. The van der Waals surface area contributed by atoms with Crippen LogP contribution < -0.4 is 0 Å². The molecule has 0 bridgehead atoms. The van der Waals surface area contributed by atoms with Crippen molar-refractivity contribution in [1.82, 2.24) is 0 Å². The van der Waals surface area contributed by atoms with Crippen LogP contribution in [0, 0.1) is 0 Å². The fraction of sp³-hybridized carbons (Fsp3) is 0.263. The first-order valence-electron chi connectivity index (χ1n) is 7.76. The zero-order chi connectivity index (χ0) is 17.5. The summed E-state index contributed by atoms with van der Waals surface area (Å²) in [6.45, 7) is 2.28. The molecule has 2 aromatic rings. The highest BCUT2D eigenvalue weighted by Gasteiger charge is 2.33. The van der Waals surface area contributed by atoms with Crippen LogP contribution in [0.25, 0.3) is 0 Å². The highest BCUT2D eigenvalue weighted by atomic mass is 35.5. The van der Waals surface area contributed by atoms with Crippen LogP contribution in [0.15, 0.2) is 48.5 Å². The van der Waals surface area contributed by atoms with Crippen molar-refractivity contribution < 1.29 is 14.3 Å². The highest BCUT2D eigenvalue weighted by molar-refractivity contribution is 6.40. The van der Waals surface area contributed by atoms with Crippen LogP contribution in [0.5, 0.6) is 0 Å². The van der Waals surface area contributed by atoms with Crippen molar-refractivity contribution in [1.29, 1.82) is 0 Å². The second-order valence-electron chi connectivity index (χ2n) is 5.33. The van der Waals surface area contributed by atoms with E-state index >= 15 is 0 Å². The molecule has 1 unspecified atom stereocenters. The first-order valence-corrected chi connectivity index (χ1v) is 8.51. The molecule has 0 amide bonds. The number of carbonyl (C=O) groups is 2. The number of hydrogen-bond donors (Lipinski definition) is 0. The summed E-state index contributed by atoms with van der Waals surface area (Å²) < 4.78 is 5.28. The number of carbonyl (C=O) groups excluding carboxylic acids is 2. The normalized spacial score (nSPS) is 11.8. The predicted octanol–water partition coefficient (Wildman–Crippen LogP) is 5.30. The Morgan fingerprint density at radius 3 is 2.21 bits per heavy atom. The van der Waals surface area contributed by atoms with Gasteiger partial charge in [0.15, 0.2) is 5.78 Å². The third kappa shape index (κ3) is 4.37. The van der Waals surface area contributed by atoms with Crippen molar-refractivity contribution in [2.24, 2.45) is 0 Å². The summed E-state index contributed by atoms with van der Waals surface area (Å²) in [7, 11) is 0. The Morgan fingerprint density at radius 1 is 1.00 bits per heavy atom. The standard InChI is InChI=1S/C19H18Cl2O3/c1-2-3-12-24-19(23)16(13-8-5-4-6-9-13)18(22)17-14(20)10-7-11-15(17)21/h4-11,16H,2-3,12H2,1H3. The molecule has 0 aliphatic rings. The second kappa shape index (κ2) is 8.86. The predicted molar refractivity (Wildman–Crippen MR) is 95.8 cm³/mol. The van der Waals surface area contributed by atoms with Crippen molar-refractivity contribution in [3.63, 3.8) is 0 Å². The van der Waals surface area contributed by atoms with Gasteiger partial charge in [0.05, 0.1) is 22.2 Å². The molecule has 0 radical (unpaired) electrons. The molecule has 0 fully saturated rings. The fourth-order valence-electron chi connectivity index (χ4n) is 2.32. The lowest BCUT2D eigenvalue weighted by Crippen LogP contribution is -2.25. The average molecular weight is 365 g/mol. The maximum absolute atomic E-state index is 13.0. The zero-order valence-electron chi connectivity index (χ0n) is 13.3. The van der Waals surface area contributed by atoms with Gasteiger partial charge in [-0.05, 0) is 24.1 Å². The molecule has 1 atom stereocenters. The van der Waals surface area contributed by atoms with Crippen LogP contribution in [0.2, 0.25) is 10.0 Å². The molecule has 0 saturated heterocycles. The maximum atomic E-state index is 13.0. The molecular formula is C19H18Cl2O3. The summed E-state index contributed by atoms with van der Waals surface area (Å²) in [5, 5.41) is 0.435. The Balaban J connectivity index is 2.39. The first-order chi connectivity index (χ1) is 11.6. The van der Waals surface area contributed by atoms with E-state index in [9.17, 15) is 9.59 Å². The van der Waals surface area contributed by atoms with E-state index in [4.69, 9.17) is 27.9 Å². The molecule has 5 heteroatoms. The molecule has 126 valence electrons. The minimum atomic E-state index is -1.08. The quantitative estimate of drug-likeness (QED) is 0.289. The van der Waals surface area contributed by atoms with E-state index in [1.54, 1.807) is 42.5 Å². The van der Waals surface area contributed by atoms with Crippen molar-refractivity contribution in [2.75, 3.05) is 6.61 Å². The van der Waals surface area contributed by atoms with Crippen LogP contribution in [0.4, 0.5) is 0 Å². The van der Waals surface area contributed by atoms with Crippen LogP contribution in [-0.4, -0.2) is 18.4 Å². The summed E-state index contributed by atoms with van der Waals surface area (Å²) in [6, 6.07) is 13.6. The smallest absolute Gasteiger partial charge is 0.321 e. The summed E-state index contributed by atoms with van der Waals surface area (Å²) in [4.78, 5) is 25.5. The molecular weight excluding hydrogens is 347 g/mol. The molecule has 2 aromatic carbocycles. The number of esters is 1. The van der Waals surface area contributed by atoms with Gasteiger partial charge in [0, 0.05) is 0 Å². The minimum absolute atomic E-state index is 0.141. The summed E-state index contributed by atoms with van der Waals surface area (Å²) in [5.74, 6) is -2.13. The van der Waals surface area contributed by atoms with E-state index in [2.05, 4.69) is 0 Å². The number of Topliss-reactive ketones (excluding diaryl/α,β-unsaturated/α-hetero) is 1. The number of unbranched alkanes of at least 4 members (excludes halogenated alkanes) is 1. The van der Waals surface area contributed by atoms with Crippen LogP contribution in [0.3, 0.4) is 0 Å². The van der Waals surface area contributed by atoms with E-state index in [0.717, 1.165) is 12.8 Å². The maximum Gasteiger partial charge on any atom is 0.321 e. The first kappa shape index (κ1) is 18.5. The topological polar surface area (TPSA) is 43.4 Å². The molecule has 0 N–H and O–H groups in total. The number of rotatable bonds is 7. The molecule has 3 nitrogen and oxygen atoms in total. The van der Waals surface area contributed by atoms with Gasteiger partial charge in [-0.3, -0.25) is 9.59 Å². The van der Waals surface area contributed by atoms with Crippen LogP contribution in [-0.2, 0) is 9.53 Å². The van der Waals surface area contributed by atoms with Crippen molar-refractivity contribution in [2.45, 2.75) is 25.7 Å². The molecule has 0 aliphatic carbocycles. The van der Waals surface area contributed by atoms with Crippen molar-refractivity contribution >= 4 is 35.0 Å². The number of ether oxygens (including phenoxy) is 1. The Bertz CT molecular complexity index is 694. The monoisotopic (exact) mass is 364 g/mol. The van der Waals surface area contributed by atoms with E-state index in [0.29, 0.717) is 5.56 Å². The van der Waals surface area contributed by atoms with Crippen molar-refractivity contribution in [3.8, 4) is 0 Å². The zero-order valence-corrected chi connectivity index (χ0v) is 14.8. The lowest BCUT2D eigenvalue weighted by molar-refractivity contribution is -0.144. The number of halogens is 2. The van der Waals surface area contributed by atoms with Gasteiger partial charge in [0.1, 0.15) is 5.92 Å². The van der Waals surface area contributed by atoms with E-state index in [1.807, 2.05) is 13.0 Å². The minimum Gasteiger partial charge on any atom is -0.465 e. The van der Waals surface area contributed by atoms with Gasteiger partial charge < -0.3 is 4.74 Å². The van der Waals surface area contributed by atoms with Gasteiger partial charge in [-0.1, -0.05) is 72.9 Å². The lowest BCUT2D eigenvalue weighted by Gasteiger charge is -2.17. The van der Waals surface area contributed by atoms with Crippen LogP contribution >= 0.6 is 23.2 Å². The van der Waals surface area contributed by atoms with Gasteiger partial charge in [-0.2, -0.15) is 0 Å². The molecule has 0 aromatic heterocycles. The molecule has 0 heterocycles. The van der Waals surface area contributed by atoms with E-state index in [-0.39, 0.29) is 22.2 Å². The molecule has 0 saturated carbocycles. The Labute approximate surface area is 151 Å². The largest absolute Gasteiger partial charge is 0.465 e. The van der Waals surface area contributed by atoms with Crippen LogP contribution in [0.1, 0.15) is 41.6 Å². The third-order valence-electron chi connectivity index (χ3n) is 3.58. The summed E-state index contributed by atoms with van der Waals surface area (Å²) >= 11 is 12.3. The van der Waals surface area contributed by atoms with Gasteiger partial charge in [0.25, 0.3) is 0 Å². The SMILES string of the molecule is CCCCOC(=O)C(C(=O)c1c(Cl)cccc1Cl)c1ccccc1. The Hall–Kier alpha value is -1.84.